The van der Waals surface area contributed by atoms with Gasteiger partial charge in [-0.3, -0.25) is 14.5 Å². The Bertz CT molecular complexity index is 311. The fraction of sp³-hybridized carbons (Fsp3) is 0.875. The first kappa shape index (κ1) is 20.9. The van der Waals surface area contributed by atoms with E-state index < -0.39 is 11.9 Å². The van der Waals surface area contributed by atoms with Crippen molar-refractivity contribution >= 4 is 11.9 Å². The average Bonchev–Trinajstić information content (AvgIpc) is 2.45. The van der Waals surface area contributed by atoms with Gasteiger partial charge in [0.2, 0.25) is 0 Å². The topological polar surface area (TPSA) is 81.1 Å². The standard InChI is InChI=1S/C16H32N2O4/c1-3-10-17(4-2)12-13-18(14-16(21)22)11-8-6-5-7-9-15(19)20/h3-14H2,1-2H3,(H,19,20)(H,21,22). The Kier molecular flexibility index (Phi) is 12.8. The van der Waals surface area contributed by atoms with Gasteiger partial charge in [0, 0.05) is 19.5 Å². The van der Waals surface area contributed by atoms with E-state index in [1.807, 2.05) is 4.90 Å². The molecule has 0 spiro atoms. The third kappa shape index (κ3) is 12.6. The van der Waals surface area contributed by atoms with Crippen molar-refractivity contribution in [2.24, 2.45) is 0 Å². The van der Waals surface area contributed by atoms with Crippen LogP contribution >= 0.6 is 0 Å². The molecule has 0 aromatic carbocycles. The predicted octanol–water partition coefficient (Wildman–Crippen LogP) is 2.14. The van der Waals surface area contributed by atoms with Gasteiger partial charge in [0.05, 0.1) is 6.54 Å². The number of hydrogen-bond acceptors (Lipinski definition) is 4. The van der Waals surface area contributed by atoms with Crippen LogP contribution in [0.4, 0.5) is 0 Å². The summed E-state index contributed by atoms with van der Waals surface area (Å²) in [5.41, 5.74) is 0. The van der Waals surface area contributed by atoms with Crippen molar-refractivity contribution in [3.8, 4) is 0 Å². The molecule has 0 saturated carbocycles. The zero-order valence-electron chi connectivity index (χ0n) is 14.1. The van der Waals surface area contributed by atoms with Crippen molar-refractivity contribution in [2.75, 3.05) is 39.3 Å². The molecule has 0 aromatic heterocycles. The van der Waals surface area contributed by atoms with Gasteiger partial charge in [0.25, 0.3) is 0 Å². The molecule has 0 unspecified atom stereocenters. The Morgan fingerprint density at radius 1 is 0.773 bits per heavy atom. The largest absolute Gasteiger partial charge is 0.481 e. The SMILES string of the molecule is CCCN(CC)CCN(CCCCCCC(=O)O)CC(=O)O. The van der Waals surface area contributed by atoms with Crippen LogP contribution < -0.4 is 0 Å². The van der Waals surface area contributed by atoms with Crippen molar-refractivity contribution in [1.82, 2.24) is 9.80 Å². The number of rotatable bonds is 15. The van der Waals surface area contributed by atoms with E-state index in [1.54, 1.807) is 0 Å². The first-order chi connectivity index (χ1) is 10.5. The number of carbonyl (C=O) groups is 2. The van der Waals surface area contributed by atoms with Gasteiger partial charge >= 0.3 is 11.9 Å². The summed E-state index contributed by atoms with van der Waals surface area (Å²) in [5, 5.41) is 17.6. The van der Waals surface area contributed by atoms with Gasteiger partial charge in [0.1, 0.15) is 0 Å². The van der Waals surface area contributed by atoms with Crippen molar-refractivity contribution in [3.05, 3.63) is 0 Å². The minimum absolute atomic E-state index is 0.0821. The Hall–Kier alpha value is -1.14. The van der Waals surface area contributed by atoms with Crippen LogP contribution in [0, 0.1) is 0 Å². The highest BCUT2D eigenvalue weighted by atomic mass is 16.4. The Morgan fingerprint density at radius 3 is 1.95 bits per heavy atom. The first-order valence-corrected chi connectivity index (χ1v) is 8.37. The lowest BCUT2D eigenvalue weighted by atomic mass is 10.1. The molecule has 0 fully saturated rings. The lowest BCUT2D eigenvalue weighted by molar-refractivity contribution is -0.139. The van der Waals surface area contributed by atoms with Crippen LogP contribution in [-0.2, 0) is 9.59 Å². The van der Waals surface area contributed by atoms with E-state index in [-0.39, 0.29) is 13.0 Å². The maximum atomic E-state index is 10.9. The molecule has 0 atom stereocenters. The molecule has 0 aromatic rings. The van der Waals surface area contributed by atoms with Gasteiger partial charge in [-0.2, -0.15) is 0 Å². The summed E-state index contributed by atoms with van der Waals surface area (Å²) in [6.07, 6.45) is 4.80. The van der Waals surface area contributed by atoms with Crippen molar-refractivity contribution < 1.29 is 19.8 Å². The maximum absolute atomic E-state index is 10.9. The second-order valence-electron chi connectivity index (χ2n) is 5.66. The Morgan fingerprint density at radius 2 is 1.41 bits per heavy atom. The van der Waals surface area contributed by atoms with Crippen LogP contribution in [0.2, 0.25) is 0 Å². The van der Waals surface area contributed by atoms with Crippen molar-refractivity contribution in [2.45, 2.75) is 52.4 Å². The van der Waals surface area contributed by atoms with Crippen LogP contribution in [0.3, 0.4) is 0 Å². The van der Waals surface area contributed by atoms with E-state index in [0.29, 0.717) is 6.42 Å². The molecule has 0 heterocycles. The zero-order chi connectivity index (χ0) is 16.8. The summed E-state index contributed by atoms with van der Waals surface area (Å²) in [4.78, 5) is 25.7. The van der Waals surface area contributed by atoms with E-state index in [0.717, 1.165) is 58.4 Å². The van der Waals surface area contributed by atoms with Gasteiger partial charge in [-0.15, -0.1) is 0 Å². The summed E-state index contributed by atoms with van der Waals surface area (Å²) in [7, 11) is 0. The second-order valence-corrected chi connectivity index (χ2v) is 5.66. The Balaban J connectivity index is 3.96. The molecule has 0 bridgehead atoms. The number of unbranched alkanes of at least 4 members (excludes halogenated alkanes) is 3. The molecule has 6 nitrogen and oxygen atoms in total. The fourth-order valence-electron chi connectivity index (χ4n) is 2.45. The first-order valence-electron chi connectivity index (χ1n) is 8.37. The predicted molar refractivity (Wildman–Crippen MR) is 87.2 cm³/mol. The van der Waals surface area contributed by atoms with Crippen molar-refractivity contribution in [1.29, 1.82) is 0 Å². The number of carboxylic acid groups (broad SMARTS) is 2. The summed E-state index contributed by atoms with van der Waals surface area (Å²) >= 11 is 0. The molecular weight excluding hydrogens is 284 g/mol. The minimum Gasteiger partial charge on any atom is -0.481 e. The van der Waals surface area contributed by atoms with Crippen LogP contribution in [0.1, 0.15) is 52.4 Å². The van der Waals surface area contributed by atoms with Gasteiger partial charge < -0.3 is 15.1 Å². The molecule has 130 valence electrons. The molecule has 0 aliphatic carbocycles. The molecule has 0 radical (unpaired) electrons. The number of aliphatic carboxylic acids is 2. The van der Waals surface area contributed by atoms with Crippen LogP contribution in [0.25, 0.3) is 0 Å². The highest BCUT2D eigenvalue weighted by Crippen LogP contribution is 2.05. The van der Waals surface area contributed by atoms with Gasteiger partial charge in [0.15, 0.2) is 0 Å². The highest BCUT2D eigenvalue weighted by molar-refractivity contribution is 5.69. The number of hydrogen-bond donors (Lipinski definition) is 2. The zero-order valence-corrected chi connectivity index (χ0v) is 14.1. The molecule has 0 aliphatic heterocycles. The summed E-state index contributed by atoms with van der Waals surface area (Å²) < 4.78 is 0. The quantitative estimate of drug-likeness (QED) is 0.451. The van der Waals surface area contributed by atoms with Crippen LogP contribution in [0.5, 0.6) is 0 Å². The molecule has 0 amide bonds. The third-order valence-electron chi connectivity index (χ3n) is 3.69. The lowest BCUT2D eigenvalue weighted by Crippen LogP contribution is -2.38. The van der Waals surface area contributed by atoms with E-state index in [2.05, 4.69) is 18.7 Å². The number of nitrogens with zero attached hydrogens (tertiary/aromatic N) is 2. The maximum Gasteiger partial charge on any atom is 0.317 e. The van der Waals surface area contributed by atoms with Crippen LogP contribution in [-0.4, -0.2) is 71.2 Å². The molecule has 0 aliphatic rings. The van der Waals surface area contributed by atoms with E-state index in [4.69, 9.17) is 10.2 Å². The molecule has 0 rings (SSSR count). The summed E-state index contributed by atoms with van der Waals surface area (Å²) in [6.45, 7) is 8.83. The number of likely N-dealkylation sites (N-methyl/N-ethyl adjacent to an activating group) is 1. The molecule has 6 heteroatoms. The van der Waals surface area contributed by atoms with Gasteiger partial charge in [-0.1, -0.05) is 26.7 Å². The molecule has 0 saturated heterocycles. The highest BCUT2D eigenvalue weighted by Gasteiger charge is 2.11. The summed E-state index contributed by atoms with van der Waals surface area (Å²) in [5.74, 6) is -1.53. The molecule has 22 heavy (non-hydrogen) atoms. The monoisotopic (exact) mass is 316 g/mol. The van der Waals surface area contributed by atoms with Crippen molar-refractivity contribution in [3.63, 3.8) is 0 Å². The smallest absolute Gasteiger partial charge is 0.317 e. The molecular formula is C16H32N2O4. The van der Waals surface area contributed by atoms with Gasteiger partial charge in [-0.05, 0) is 38.9 Å². The normalized spacial score (nSPS) is 11.3. The fourth-order valence-corrected chi connectivity index (χ4v) is 2.45. The van der Waals surface area contributed by atoms with E-state index in [9.17, 15) is 9.59 Å². The average molecular weight is 316 g/mol. The van der Waals surface area contributed by atoms with E-state index in [1.165, 1.54) is 0 Å². The van der Waals surface area contributed by atoms with Crippen LogP contribution in [0.15, 0.2) is 0 Å². The third-order valence-corrected chi connectivity index (χ3v) is 3.69. The Labute approximate surface area is 134 Å². The second kappa shape index (κ2) is 13.5. The number of carboxylic acids is 2. The summed E-state index contributed by atoms with van der Waals surface area (Å²) in [6, 6.07) is 0. The lowest BCUT2D eigenvalue weighted by Gasteiger charge is -2.25. The molecule has 2 N–H and O–H groups in total. The minimum atomic E-state index is -0.788. The van der Waals surface area contributed by atoms with E-state index >= 15 is 0 Å². The van der Waals surface area contributed by atoms with Gasteiger partial charge in [-0.25, -0.2) is 0 Å².